The van der Waals surface area contributed by atoms with Crippen LogP contribution in [0.25, 0.3) is 0 Å². The average Bonchev–Trinajstić information content (AvgIpc) is 2.03. The standard InChI is InChI=1S/C8H6F3NO/c1-5-2-3-6(12-4-5)7(13)8(9,10)11/h2-4H,1H3. The Kier molecular flexibility index (Phi) is 2.36. The maximum Gasteiger partial charge on any atom is 0.456 e. The lowest BCUT2D eigenvalue weighted by molar-refractivity contribution is -0.0888. The van der Waals surface area contributed by atoms with Crippen LogP contribution in [0.1, 0.15) is 16.1 Å². The van der Waals surface area contributed by atoms with Crippen molar-refractivity contribution in [3.05, 3.63) is 29.6 Å². The largest absolute Gasteiger partial charge is 0.456 e. The van der Waals surface area contributed by atoms with Crippen molar-refractivity contribution in [1.82, 2.24) is 4.98 Å². The number of ketones is 1. The van der Waals surface area contributed by atoms with Crippen LogP contribution >= 0.6 is 0 Å². The Bertz CT molecular complexity index is 315. The zero-order valence-electron chi connectivity index (χ0n) is 6.72. The maximum absolute atomic E-state index is 11.8. The lowest BCUT2D eigenvalue weighted by Gasteiger charge is -2.03. The fourth-order valence-corrected chi connectivity index (χ4v) is 0.747. The van der Waals surface area contributed by atoms with Crippen LogP contribution in [0.3, 0.4) is 0 Å². The predicted molar refractivity (Wildman–Crippen MR) is 39.4 cm³/mol. The molecule has 0 saturated heterocycles. The highest BCUT2D eigenvalue weighted by molar-refractivity contribution is 5.98. The lowest BCUT2D eigenvalue weighted by atomic mass is 10.2. The van der Waals surface area contributed by atoms with E-state index in [0.717, 1.165) is 6.07 Å². The van der Waals surface area contributed by atoms with Crippen LogP contribution < -0.4 is 0 Å². The summed E-state index contributed by atoms with van der Waals surface area (Å²) < 4.78 is 35.5. The Morgan fingerprint density at radius 3 is 2.38 bits per heavy atom. The Morgan fingerprint density at radius 1 is 1.38 bits per heavy atom. The third-order valence-corrected chi connectivity index (χ3v) is 1.40. The van der Waals surface area contributed by atoms with Crippen molar-refractivity contribution in [2.75, 3.05) is 0 Å². The van der Waals surface area contributed by atoms with Crippen molar-refractivity contribution in [3.63, 3.8) is 0 Å². The van der Waals surface area contributed by atoms with E-state index in [2.05, 4.69) is 4.98 Å². The summed E-state index contributed by atoms with van der Waals surface area (Å²) in [6.07, 6.45) is -3.62. The van der Waals surface area contributed by atoms with Gasteiger partial charge in [0, 0.05) is 6.20 Å². The van der Waals surface area contributed by atoms with Crippen molar-refractivity contribution in [2.45, 2.75) is 13.1 Å². The number of aryl methyl sites for hydroxylation is 1. The molecule has 0 aromatic carbocycles. The van der Waals surface area contributed by atoms with Gasteiger partial charge in [-0.15, -0.1) is 0 Å². The summed E-state index contributed by atoms with van der Waals surface area (Å²) in [5, 5.41) is 0. The first-order chi connectivity index (χ1) is 5.91. The third-order valence-electron chi connectivity index (χ3n) is 1.40. The first-order valence-electron chi connectivity index (χ1n) is 3.45. The van der Waals surface area contributed by atoms with Crippen molar-refractivity contribution in [1.29, 1.82) is 0 Å². The van der Waals surface area contributed by atoms with Gasteiger partial charge >= 0.3 is 6.18 Å². The molecule has 1 aromatic heterocycles. The van der Waals surface area contributed by atoms with E-state index in [4.69, 9.17) is 0 Å². The molecule has 70 valence electrons. The second-order valence-electron chi connectivity index (χ2n) is 2.55. The predicted octanol–water partition coefficient (Wildman–Crippen LogP) is 2.14. The zero-order chi connectivity index (χ0) is 10.1. The molecule has 0 aliphatic carbocycles. The Balaban J connectivity index is 2.97. The molecule has 0 radical (unpaired) electrons. The molecule has 1 heterocycles. The summed E-state index contributed by atoms with van der Waals surface area (Å²) in [4.78, 5) is 14.0. The molecule has 13 heavy (non-hydrogen) atoms. The number of pyridine rings is 1. The quantitative estimate of drug-likeness (QED) is 0.633. The van der Waals surface area contributed by atoms with Crippen LogP contribution in [-0.4, -0.2) is 16.9 Å². The fourth-order valence-electron chi connectivity index (χ4n) is 0.747. The highest BCUT2D eigenvalue weighted by atomic mass is 19.4. The van der Waals surface area contributed by atoms with Gasteiger partial charge in [0.1, 0.15) is 5.69 Å². The Morgan fingerprint density at radius 2 is 2.00 bits per heavy atom. The van der Waals surface area contributed by atoms with E-state index in [1.165, 1.54) is 12.3 Å². The molecule has 0 unspecified atom stereocenters. The Hall–Kier alpha value is -1.39. The maximum atomic E-state index is 11.8. The van der Waals surface area contributed by atoms with Crippen molar-refractivity contribution in [3.8, 4) is 0 Å². The van der Waals surface area contributed by atoms with Crippen LogP contribution in [0.5, 0.6) is 0 Å². The number of Topliss-reactive ketones (excluding diaryl/α,β-unsaturated/α-hetero) is 1. The van der Waals surface area contributed by atoms with Gasteiger partial charge in [0.2, 0.25) is 0 Å². The molecule has 0 aliphatic heterocycles. The summed E-state index contributed by atoms with van der Waals surface area (Å²) in [6.45, 7) is 1.68. The second-order valence-corrected chi connectivity index (χ2v) is 2.55. The van der Waals surface area contributed by atoms with Gasteiger partial charge in [-0.1, -0.05) is 6.07 Å². The Labute approximate surface area is 72.4 Å². The van der Waals surface area contributed by atoms with E-state index in [0.29, 0.717) is 5.56 Å². The molecule has 0 atom stereocenters. The minimum Gasteiger partial charge on any atom is -0.282 e. The summed E-state index contributed by atoms with van der Waals surface area (Å²) in [7, 11) is 0. The van der Waals surface area contributed by atoms with Crippen LogP contribution in [0.4, 0.5) is 13.2 Å². The van der Waals surface area contributed by atoms with Gasteiger partial charge in [-0.3, -0.25) is 9.78 Å². The molecule has 1 aromatic rings. The van der Waals surface area contributed by atoms with E-state index >= 15 is 0 Å². The first-order valence-corrected chi connectivity index (χ1v) is 3.45. The van der Waals surface area contributed by atoms with Crippen LogP contribution in [0.2, 0.25) is 0 Å². The number of aromatic nitrogens is 1. The minimum atomic E-state index is -4.84. The van der Waals surface area contributed by atoms with E-state index in [1.54, 1.807) is 6.92 Å². The number of halogens is 3. The molecular formula is C8H6F3NO. The molecule has 0 fully saturated rings. The number of nitrogens with zero attached hydrogens (tertiary/aromatic N) is 1. The van der Waals surface area contributed by atoms with E-state index < -0.39 is 17.7 Å². The van der Waals surface area contributed by atoms with Crippen LogP contribution in [0, 0.1) is 6.92 Å². The summed E-state index contributed by atoms with van der Waals surface area (Å²) in [5.74, 6) is -1.91. The lowest BCUT2D eigenvalue weighted by Crippen LogP contribution is -2.23. The molecule has 0 N–H and O–H groups in total. The van der Waals surface area contributed by atoms with Crippen LogP contribution in [0.15, 0.2) is 18.3 Å². The SMILES string of the molecule is Cc1ccc(C(=O)C(F)(F)F)nc1. The molecule has 0 spiro atoms. The monoisotopic (exact) mass is 189 g/mol. The first kappa shape index (κ1) is 9.70. The summed E-state index contributed by atoms with van der Waals surface area (Å²) in [6, 6.07) is 2.47. The molecular weight excluding hydrogens is 183 g/mol. The highest BCUT2D eigenvalue weighted by Gasteiger charge is 2.40. The van der Waals surface area contributed by atoms with E-state index in [-0.39, 0.29) is 0 Å². The van der Waals surface area contributed by atoms with Crippen molar-refractivity contribution in [2.24, 2.45) is 0 Å². The second kappa shape index (κ2) is 3.16. The van der Waals surface area contributed by atoms with Gasteiger partial charge in [-0.2, -0.15) is 13.2 Å². The third kappa shape index (κ3) is 2.27. The fraction of sp³-hybridized carbons (Fsp3) is 0.250. The number of hydrogen-bond acceptors (Lipinski definition) is 2. The average molecular weight is 189 g/mol. The normalized spacial score (nSPS) is 11.4. The number of hydrogen-bond donors (Lipinski definition) is 0. The summed E-state index contributed by atoms with van der Waals surface area (Å²) >= 11 is 0. The number of carbonyl (C=O) groups excluding carboxylic acids is 1. The smallest absolute Gasteiger partial charge is 0.282 e. The highest BCUT2D eigenvalue weighted by Crippen LogP contribution is 2.20. The summed E-state index contributed by atoms with van der Waals surface area (Å²) in [5.41, 5.74) is 0.136. The van der Waals surface area contributed by atoms with Gasteiger partial charge < -0.3 is 0 Å². The van der Waals surface area contributed by atoms with Gasteiger partial charge in [-0.05, 0) is 18.6 Å². The molecule has 0 bridgehead atoms. The molecule has 0 aliphatic rings. The molecule has 2 nitrogen and oxygen atoms in total. The van der Waals surface area contributed by atoms with E-state index in [1.807, 2.05) is 0 Å². The molecule has 0 saturated carbocycles. The topological polar surface area (TPSA) is 30.0 Å². The van der Waals surface area contributed by atoms with Gasteiger partial charge in [0.15, 0.2) is 0 Å². The number of alkyl halides is 3. The minimum absolute atomic E-state index is 0.571. The van der Waals surface area contributed by atoms with Crippen molar-refractivity contribution < 1.29 is 18.0 Å². The molecule has 1 rings (SSSR count). The molecule has 0 amide bonds. The van der Waals surface area contributed by atoms with Crippen LogP contribution in [-0.2, 0) is 0 Å². The molecule has 5 heteroatoms. The van der Waals surface area contributed by atoms with Gasteiger partial charge in [0.25, 0.3) is 5.78 Å². The van der Waals surface area contributed by atoms with Gasteiger partial charge in [-0.25, -0.2) is 0 Å². The number of rotatable bonds is 1. The number of carbonyl (C=O) groups is 1. The zero-order valence-corrected chi connectivity index (χ0v) is 6.72. The van der Waals surface area contributed by atoms with Crippen molar-refractivity contribution >= 4 is 5.78 Å². The van der Waals surface area contributed by atoms with E-state index in [9.17, 15) is 18.0 Å². The van der Waals surface area contributed by atoms with Gasteiger partial charge in [0.05, 0.1) is 0 Å².